The van der Waals surface area contributed by atoms with E-state index in [1.165, 1.54) is 9.58 Å². The number of hydrogen-bond acceptors (Lipinski definition) is 5. The normalized spacial score (nSPS) is 17.0. The number of fused-ring (bicyclic) bond motifs is 1. The van der Waals surface area contributed by atoms with Gasteiger partial charge in [0.2, 0.25) is 5.91 Å². The Morgan fingerprint density at radius 2 is 2.08 bits per heavy atom. The maximum absolute atomic E-state index is 12.6. The zero-order chi connectivity index (χ0) is 17.1. The Bertz CT molecular complexity index is 674. The van der Waals surface area contributed by atoms with Gasteiger partial charge in [-0.15, -0.1) is 0 Å². The van der Waals surface area contributed by atoms with Crippen LogP contribution in [0.1, 0.15) is 44.9 Å². The van der Waals surface area contributed by atoms with Gasteiger partial charge in [0.05, 0.1) is 6.61 Å². The van der Waals surface area contributed by atoms with Crippen LogP contribution in [-0.2, 0) is 33.8 Å². The maximum Gasteiger partial charge on any atom is 0.346 e. The van der Waals surface area contributed by atoms with Crippen molar-refractivity contribution in [3.05, 3.63) is 16.3 Å². The molecule has 1 amide bonds. The van der Waals surface area contributed by atoms with Crippen molar-refractivity contribution < 1.29 is 14.3 Å². The molecular formula is C16H24N4O4. The number of carbonyl (C=O) groups excluding carboxylic acids is 2. The predicted molar refractivity (Wildman–Crippen MR) is 85.4 cm³/mol. The lowest BCUT2D eigenvalue weighted by Gasteiger charge is -2.21. The van der Waals surface area contributed by atoms with E-state index in [-0.39, 0.29) is 30.7 Å². The molecule has 0 saturated heterocycles. The van der Waals surface area contributed by atoms with Gasteiger partial charge >= 0.3 is 11.7 Å². The number of hydrogen-bond donors (Lipinski definition) is 0. The number of esters is 1. The molecular weight excluding hydrogens is 312 g/mol. The van der Waals surface area contributed by atoms with Crippen LogP contribution in [0.3, 0.4) is 0 Å². The van der Waals surface area contributed by atoms with Crippen molar-refractivity contribution in [3.8, 4) is 0 Å². The minimum atomic E-state index is -0.411. The van der Waals surface area contributed by atoms with E-state index in [1.54, 1.807) is 11.5 Å². The van der Waals surface area contributed by atoms with E-state index in [9.17, 15) is 14.4 Å². The van der Waals surface area contributed by atoms with Gasteiger partial charge in [0.25, 0.3) is 0 Å². The van der Waals surface area contributed by atoms with Gasteiger partial charge in [0, 0.05) is 19.0 Å². The molecule has 2 heterocycles. The molecule has 0 bridgehead atoms. The monoisotopic (exact) mass is 336 g/mol. The van der Waals surface area contributed by atoms with Crippen LogP contribution in [-0.4, -0.2) is 50.3 Å². The fraction of sp³-hybridized carbons (Fsp3) is 0.750. The Morgan fingerprint density at radius 3 is 2.79 bits per heavy atom. The Kier molecular flexibility index (Phi) is 5.01. The zero-order valence-electron chi connectivity index (χ0n) is 14.1. The topological polar surface area (TPSA) is 86.4 Å². The smallest absolute Gasteiger partial charge is 0.346 e. The number of aryl methyl sites for hydroxylation is 1. The third-order valence-corrected chi connectivity index (χ3v) is 4.48. The summed E-state index contributed by atoms with van der Waals surface area (Å²) in [6.07, 6.45) is 5.62. The van der Waals surface area contributed by atoms with Gasteiger partial charge in [-0.2, -0.15) is 5.10 Å². The van der Waals surface area contributed by atoms with E-state index in [2.05, 4.69) is 5.10 Å². The lowest BCUT2D eigenvalue weighted by molar-refractivity contribution is -0.149. The van der Waals surface area contributed by atoms with E-state index in [4.69, 9.17) is 4.74 Å². The second kappa shape index (κ2) is 7.19. The zero-order valence-corrected chi connectivity index (χ0v) is 14.1. The second-order valence-corrected chi connectivity index (χ2v) is 6.38. The van der Waals surface area contributed by atoms with Gasteiger partial charge in [-0.1, -0.05) is 6.42 Å². The molecule has 132 valence electrons. The van der Waals surface area contributed by atoms with Crippen molar-refractivity contribution in [2.24, 2.45) is 0 Å². The number of aromatic nitrogens is 3. The van der Waals surface area contributed by atoms with Gasteiger partial charge in [-0.3, -0.25) is 14.2 Å². The molecule has 2 aliphatic rings. The van der Waals surface area contributed by atoms with Crippen LogP contribution in [0.15, 0.2) is 4.79 Å². The molecule has 0 atom stereocenters. The van der Waals surface area contributed by atoms with Crippen LogP contribution in [0.2, 0.25) is 0 Å². The first-order valence-corrected chi connectivity index (χ1v) is 8.71. The maximum atomic E-state index is 12.6. The molecule has 1 aromatic rings. The Morgan fingerprint density at radius 1 is 1.29 bits per heavy atom. The summed E-state index contributed by atoms with van der Waals surface area (Å²) in [5.41, 5.74) is -0.230. The van der Waals surface area contributed by atoms with Gasteiger partial charge in [-0.05, 0) is 32.6 Å². The molecule has 24 heavy (non-hydrogen) atoms. The third kappa shape index (κ3) is 3.68. The van der Waals surface area contributed by atoms with E-state index in [0.717, 1.165) is 44.3 Å². The molecule has 0 N–H and O–H groups in total. The largest absolute Gasteiger partial charge is 0.465 e. The average molecular weight is 336 g/mol. The van der Waals surface area contributed by atoms with Gasteiger partial charge < -0.3 is 9.64 Å². The molecule has 0 spiro atoms. The predicted octanol–water partition coefficient (Wildman–Crippen LogP) is 0.325. The molecule has 1 aromatic heterocycles. The van der Waals surface area contributed by atoms with Gasteiger partial charge in [0.15, 0.2) is 0 Å². The van der Waals surface area contributed by atoms with Crippen LogP contribution >= 0.6 is 0 Å². The van der Waals surface area contributed by atoms with Crippen LogP contribution < -0.4 is 5.69 Å². The van der Waals surface area contributed by atoms with Crippen LogP contribution in [0.25, 0.3) is 0 Å². The standard InChI is InChI=1S/C16H24N4O4/c1-2-24-15(22)11-19(12-7-8-12)14(21)10-20-16(23)18-9-5-3-4-6-13(18)17-20/h12H,2-11H2,1H3. The fourth-order valence-electron chi connectivity index (χ4n) is 3.10. The lowest BCUT2D eigenvalue weighted by Crippen LogP contribution is -2.42. The van der Waals surface area contributed by atoms with Gasteiger partial charge in [0.1, 0.15) is 18.9 Å². The Balaban J connectivity index is 1.71. The van der Waals surface area contributed by atoms with Gasteiger partial charge in [-0.25, -0.2) is 9.48 Å². The number of carbonyl (C=O) groups is 2. The van der Waals surface area contributed by atoms with E-state index >= 15 is 0 Å². The molecule has 3 rings (SSSR count). The molecule has 1 fully saturated rings. The van der Waals surface area contributed by atoms with Crippen molar-refractivity contribution >= 4 is 11.9 Å². The molecule has 1 aliphatic carbocycles. The Hall–Kier alpha value is -2.12. The number of amides is 1. The molecule has 8 heteroatoms. The van der Waals surface area contributed by atoms with E-state index < -0.39 is 5.97 Å². The summed E-state index contributed by atoms with van der Waals surface area (Å²) in [6, 6.07) is 0.0815. The summed E-state index contributed by atoms with van der Waals surface area (Å²) in [7, 11) is 0. The highest BCUT2D eigenvalue weighted by molar-refractivity contribution is 5.82. The molecule has 0 aromatic carbocycles. The van der Waals surface area contributed by atoms with Crippen molar-refractivity contribution in [2.75, 3.05) is 13.2 Å². The van der Waals surface area contributed by atoms with Crippen LogP contribution in [0.4, 0.5) is 0 Å². The van der Waals surface area contributed by atoms with Crippen molar-refractivity contribution in [1.82, 2.24) is 19.2 Å². The first-order valence-electron chi connectivity index (χ1n) is 8.71. The van der Waals surface area contributed by atoms with E-state index in [1.807, 2.05) is 0 Å². The highest BCUT2D eigenvalue weighted by Gasteiger charge is 2.34. The summed E-state index contributed by atoms with van der Waals surface area (Å²) >= 11 is 0. The number of nitrogens with zero attached hydrogens (tertiary/aromatic N) is 4. The lowest BCUT2D eigenvalue weighted by atomic mass is 10.2. The highest BCUT2D eigenvalue weighted by atomic mass is 16.5. The quantitative estimate of drug-likeness (QED) is 0.699. The van der Waals surface area contributed by atoms with Crippen molar-refractivity contribution in [3.63, 3.8) is 0 Å². The van der Waals surface area contributed by atoms with Crippen molar-refractivity contribution in [2.45, 2.75) is 64.6 Å². The summed E-state index contributed by atoms with van der Waals surface area (Å²) < 4.78 is 7.85. The minimum absolute atomic E-state index is 0.0559. The van der Waals surface area contributed by atoms with Crippen LogP contribution in [0.5, 0.6) is 0 Å². The summed E-state index contributed by atoms with van der Waals surface area (Å²) in [6.45, 7) is 2.52. The highest BCUT2D eigenvalue weighted by Crippen LogP contribution is 2.27. The molecule has 1 aliphatic heterocycles. The minimum Gasteiger partial charge on any atom is -0.465 e. The molecule has 0 unspecified atom stereocenters. The fourth-order valence-corrected chi connectivity index (χ4v) is 3.10. The first kappa shape index (κ1) is 16.7. The van der Waals surface area contributed by atoms with Crippen LogP contribution in [0, 0.1) is 0 Å². The summed E-state index contributed by atoms with van der Waals surface area (Å²) in [5, 5.41) is 4.33. The van der Waals surface area contributed by atoms with E-state index in [0.29, 0.717) is 13.2 Å². The summed E-state index contributed by atoms with van der Waals surface area (Å²) in [4.78, 5) is 38.2. The molecule has 0 radical (unpaired) electrons. The third-order valence-electron chi connectivity index (χ3n) is 4.48. The SMILES string of the molecule is CCOC(=O)CN(C(=O)Cn1nc2n(c1=O)CCCCC2)C1CC1. The number of rotatable bonds is 6. The molecule has 1 saturated carbocycles. The summed E-state index contributed by atoms with van der Waals surface area (Å²) in [5.74, 6) is 0.0975. The van der Waals surface area contributed by atoms with Crippen molar-refractivity contribution in [1.29, 1.82) is 0 Å². The molecule has 8 nitrogen and oxygen atoms in total. The first-order chi connectivity index (χ1) is 11.6. The average Bonchev–Trinajstić information content (AvgIpc) is 3.36. The second-order valence-electron chi connectivity index (χ2n) is 6.38. The number of ether oxygens (including phenoxy) is 1. The Labute approximate surface area is 140 Å².